The Bertz CT molecular complexity index is 1870. The molecule has 11 heteroatoms. The van der Waals surface area contributed by atoms with E-state index < -0.39 is 24.2 Å². The Kier molecular flexibility index (Phi) is 8.56. The van der Waals surface area contributed by atoms with Gasteiger partial charge in [-0.1, -0.05) is 18.2 Å². The number of hydrogen-bond acceptors (Lipinski definition) is 7. The van der Waals surface area contributed by atoms with Gasteiger partial charge < -0.3 is 23.9 Å². The molecule has 0 radical (unpaired) electrons. The summed E-state index contributed by atoms with van der Waals surface area (Å²) in [6.07, 6.45) is 0.0561. The average molecular weight is 601 g/mol. The van der Waals surface area contributed by atoms with Crippen LogP contribution in [0.5, 0.6) is 5.88 Å². The Hall–Kier alpha value is -4.76. The van der Waals surface area contributed by atoms with E-state index in [9.17, 15) is 4.39 Å². The lowest BCUT2D eigenvalue weighted by Crippen LogP contribution is -2.32. The van der Waals surface area contributed by atoms with E-state index in [4.69, 9.17) is 29.6 Å². The average Bonchev–Trinajstić information content (AvgIpc) is 3.34. The molecular formula is C33H27F3N4O4. The van der Waals surface area contributed by atoms with Crippen molar-refractivity contribution in [2.45, 2.75) is 26.2 Å². The van der Waals surface area contributed by atoms with Crippen LogP contribution in [0.15, 0.2) is 66.7 Å². The highest BCUT2D eigenvalue weighted by molar-refractivity contribution is 5.77. The summed E-state index contributed by atoms with van der Waals surface area (Å²) in [6.45, 7) is 1.52. The second-order valence-electron chi connectivity index (χ2n) is 10.5. The Balaban J connectivity index is 1.24. The van der Waals surface area contributed by atoms with Gasteiger partial charge in [-0.15, -0.1) is 0 Å². The molecular weight excluding hydrogens is 573 g/mol. The molecule has 3 heterocycles. The molecule has 3 aromatic carbocycles. The number of aliphatic hydroxyl groups is 1. The smallest absolute Gasteiger partial charge is 0.214 e. The van der Waals surface area contributed by atoms with Crippen molar-refractivity contribution in [1.82, 2.24) is 14.5 Å². The van der Waals surface area contributed by atoms with Crippen molar-refractivity contribution in [2.24, 2.45) is 5.92 Å². The first-order chi connectivity index (χ1) is 21.4. The first-order valence-electron chi connectivity index (χ1n) is 13.9. The summed E-state index contributed by atoms with van der Waals surface area (Å²) in [6, 6.07) is 18.5. The van der Waals surface area contributed by atoms with Gasteiger partial charge in [-0.2, -0.15) is 5.26 Å². The summed E-state index contributed by atoms with van der Waals surface area (Å²) >= 11 is 0. The predicted octanol–water partition coefficient (Wildman–Crippen LogP) is 5.67. The fourth-order valence-corrected chi connectivity index (χ4v) is 5.08. The van der Waals surface area contributed by atoms with Crippen LogP contribution in [0.25, 0.3) is 22.3 Å². The maximum Gasteiger partial charge on any atom is 0.214 e. The van der Waals surface area contributed by atoms with Crippen LogP contribution in [0.4, 0.5) is 13.2 Å². The number of aromatic nitrogens is 3. The number of benzene rings is 3. The quantitative estimate of drug-likeness (QED) is 0.195. The van der Waals surface area contributed by atoms with E-state index in [0.29, 0.717) is 31.1 Å². The molecule has 44 heavy (non-hydrogen) atoms. The van der Waals surface area contributed by atoms with Crippen LogP contribution in [0.3, 0.4) is 0 Å². The standard InChI is InChI=1S/C33H27F3N4O4/c34-26-8-20(13-37)4-6-23(26)18-44-33-3-1-2-29(39-33)25-12-27(35)24(10-28(25)36)11-32-38-30-7-5-21(15-43-19-41)9-31(30)40(32)14-22-16-42-17-22/h1-10,12,22,41H,11,14-19H2. The molecule has 224 valence electrons. The normalized spacial score (nSPS) is 13.2. The maximum absolute atomic E-state index is 15.5. The highest BCUT2D eigenvalue weighted by Crippen LogP contribution is 2.29. The SMILES string of the molecule is N#Cc1ccc(COc2cccc(-c3cc(F)c(Cc4nc5ccc(COCO)cc5n4CC4COC4)cc3F)n2)c(F)c1. The van der Waals surface area contributed by atoms with Crippen LogP contribution >= 0.6 is 0 Å². The number of rotatable bonds is 11. The largest absolute Gasteiger partial charge is 0.473 e. The number of halogens is 3. The molecule has 1 N–H and O–H groups in total. The molecule has 1 aliphatic heterocycles. The van der Waals surface area contributed by atoms with E-state index in [1.165, 1.54) is 24.3 Å². The van der Waals surface area contributed by atoms with Gasteiger partial charge in [0.05, 0.1) is 48.2 Å². The number of ether oxygens (including phenoxy) is 3. The van der Waals surface area contributed by atoms with Crippen molar-refractivity contribution in [3.63, 3.8) is 0 Å². The minimum atomic E-state index is -0.664. The van der Waals surface area contributed by atoms with Crippen molar-refractivity contribution in [1.29, 1.82) is 5.26 Å². The summed E-state index contributed by atoms with van der Waals surface area (Å²) in [7, 11) is 0. The van der Waals surface area contributed by atoms with Crippen molar-refractivity contribution in [2.75, 3.05) is 20.0 Å². The third-order valence-electron chi connectivity index (χ3n) is 7.44. The second-order valence-corrected chi connectivity index (χ2v) is 10.5. The van der Waals surface area contributed by atoms with Crippen molar-refractivity contribution in [3.8, 4) is 23.2 Å². The van der Waals surface area contributed by atoms with Crippen LogP contribution in [0.1, 0.15) is 28.1 Å². The molecule has 0 aliphatic carbocycles. The van der Waals surface area contributed by atoms with Crippen molar-refractivity contribution < 1.29 is 32.5 Å². The van der Waals surface area contributed by atoms with E-state index in [0.717, 1.165) is 29.3 Å². The monoisotopic (exact) mass is 600 g/mol. The Morgan fingerprint density at radius 2 is 1.77 bits per heavy atom. The number of nitrogens with zero attached hydrogens (tertiary/aromatic N) is 4. The number of fused-ring (bicyclic) bond motifs is 1. The van der Waals surface area contributed by atoms with Gasteiger partial charge in [-0.3, -0.25) is 0 Å². The number of nitriles is 1. The van der Waals surface area contributed by atoms with E-state index in [1.807, 2.05) is 28.8 Å². The number of hydrogen-bond donors (Lipinski definition) is 1. The molecule has 5 aromatic rings. The predicted molar refractivity (Wildman–Crippen MR) is 154 cm³/mol. The number of imidazole rings is 1. The van der Waals surface area contributed by atoms with Crippen LogP contribution in [0.2, 0.25) is 0 Å². The zero-order chi connectivity index (χ0) is 30.6. The van der Waals surface area contributed by atoms with E-state index in [2.05, 4.69) is 4.98 Å². The zero-order valence-corrected chi connectivity index (χ0v) is 23.5. The summed E-state index contributed by atoms with van der Waals surface area (Å²) in [5.41, 5.74) is 3.07. The van der Waals surface area contributed by atoms with Crippen molar-refractivity contribution in [3.05, 3.63) is 112 Å². The lowest BCUT2D eigenvalue weighted by molar-refractivity contribution is -0.0392. The van der Waals surface area contributed by atoms with Crippen LogP contribution in [0, 0.1) is 34.7 Å². The topological polar surface area (TPSA) is 102 Å². The highest BCUT2D eigenvalue weighted by Gasteiger charge is 2.23. The van der Waals surface area contributed by atoms with Gasteiger partial charge in [-0.05, 0) is 53.6 Å². The molecule has 6 rings (SSSR count). The molecule has 8 nitrogen and oxygen atoms in total. The molecule has 0 saturated carbocycles. The number of aliphatic hydroxyl groups excluding tert-OH is 1. The van der Waals surface area contributed by atoms with Gasteiger partial charge in [0.15, 0.2) is 0 Å². The van der Waals surface area contributed by atoms with E-state index in [-0.39, 0.29) is 59.4 Å². The zero-order valence-electron chi connectivity index (χ0n) is 23.5. The Labute approximate surface area is 250 Å². The minimum absolute atomic E-state index is 0.0464. The third kappa shape index (κ3) is 6.28. The van der Waals surface area contributed by atoms with E-state index in [1.54, 1.807) is 6.07 Å². The molecule has 0 unspecified atom stereocenters. The fourth-order valence-electron chi connectivity index (χ4n) is 5.08. The molecule has 2 aromatic heterocycles. The molecule has 0 amide bonds. The Morgan fingerprint density at radius 1 is 0.932 bits per heavy atom. The molecule has 0 bridgehead atoms. The first kappa shape index (κ1) is 29.3. The molecule has 1 aliphatic rings. The van der Waals surface area contributed by atoms with Gasteiger partial charge >= 0.3 is 0 Å². The van der Waals surface area contributed by atoms with Gasteiger partial charge in [0.25, 0.3) is 0 Å². The van der Waals surface area contributed by atoms with Crippen LogP contribution < -0.4 is 4.74 Å². The highest BCUT2D eigenvalue weighted by atomic mass is 19.1. The molecule has 0 atom stereocenters. The summed E-state index contributed by atoms with van der Waals surface area (Å²) in [4.78, 5) is 9.04. The molecule has 1 saturated heterocycles. The minimum Gasteiger partial charge on any atom is -0.473 e. The van der Waals surface area contributed by atoms with Gasteiger partial charge in [0, 0.05) is 36.1 Å². The van der Waals surface area contributed by atoms with E-state index >= 15 is 8.78 Å². The number of pyridine rings is 1. The molecule has 1 fully saturated rings. The first-order valence-corrected chi connectivity index (χ1v) is 13.9. The second kappa shape index (κ2) is 12.9. The summed E-state index contributed by atoms with van der Waals surface area (Å²) in [5, 5.41) is 17.9. The van der Waals surface area contributed by atoms with Gasteiger partial charge in [0.2, 0.25) is 5.88 Å². The summed E-state index contributed by atoms with van der Waals surface area (Å²) in [5.74, 6) is -0.898. The van der Waals surface area contributed by atoms with Gasteiger partial charge in [0.1, 0.15) is 36.7 Å². The lowest BCUT2D eigenvalue weighted by Gasteiger charge is -2.27. The van der Waals surface area contributed by atoms with Crippen molar-refractivity contribution >= 4 is 11.0 Å². The maximum atomic E-state index is 15.5. The van der Waals surface area contributed by atoms with Crippen LogP contribution in [-0.2, 0) is 35.7 Å². The lowest BCUT2D eigenvalue weighted by atomic mass is 10.0. The molecule has 0 spiro atoms. The van der Waals surface area contributed by atoms with Crippen LogP contribution in [-0.4, -0.2) is 39.6 Å². The summed E-state index contributed by atoms with van der Waals surface area (Å²) < 4.78 is 63.3. The fraction of sp³-hybridized carbons (Fsp3) is 0.242. The van der Waals surface area contributed by atoms with Gasteiger partial charge in [-0.25, -0.2) is 23.1 Å². The third-order valence-corrected chi connectivity index (χ3v) is 7.44. The Morgan fingerprint density at radius 3 is 2.52 bits per heavy atom.